The molecule has 0 saturated carbocycles. The van der Waals surface area contributed by atoms with E-state index in [-0.39, 0.29) is 0 Å². The second kappa shape index (κ2) is 1.92. The van der Waals surface area contributed by atoms with Crippen molar-refractivity contribution in [2.75, 3.05) is 25.7 Å². The first-order valence-electron chi connectivity index (χ1n) is 3.37. The predicted molar refractivity (Wildman–Crippen MR) is 39.1 cm³/mol. The smallest absolute Gasteiger partial charge is 0.288 e. The van der Waals surface area contributed by atoms with Crippen LogP contribution in [0.5, 0.6) is 0 Å². The third-order valence-electron chi connectivity index (χ3n) is 1.92. The van der Waals surface area contributed by atoms with Crippen LogP contribution in [0.2, 0.25) is 0 Å². The van der Waals surface area contributed by atoms with Gasteiger partial charge < -0.3 is 0 Å². The zero-order valence-corrected chi connectivity index (χ0v) is 7.19. The van der Waals surface area contributed by atoms with Crippen molar-refractivity contribution >= 4 is 7.26 Å². The van der Waals surface area contributed by atoms with Crippen molar-refractivity contribution in [3.05, 3.63) is 0 Å². The minimum Gasteiger partial charge on any atom is -0.291 e. The van der Waals surface area contributed by atoms with Gasteiger partial charge in [0, 0.05) is 6.92 Å². The van der Waals surface area contributed by atoms with Gasteiger partial charge in [0.2, 0.25) is 0 Å². The lowest BCUT2D eigenvalue weighted by molar-refractivity contribution is -0.372. The first kappa shape index (κ1) is 6.99. The first-order chi connectivity index (χ1) is 4.62. The van der Waals surface area contributed by atoms with Gasteiger partial charge in [-0.1, -0.05) is 0 Å². The molecule has 3 nitrogen and oxygen atoms in total. The third kappa shape index (κ3) is 0.978. The van der Waals surface area contributed by atoms with E-state index in [9.17, 15) is 0 Å². The van der Waals surface area contributed by atoms with Crippen LogP contribution in [0.1, 0.15) is 6.92 Å². The fraction of sp³-hybridized carbons (Fsp3) is 1.00. The molecule has 3 fully saturated rings. The highest BCUT2D eigenvalue weighted by Crippen LogP contribution is 2.63. The van der Waals surface area contributed by atoms with E-state index in [0.29, 0.717) is 0 Å². The molecule has 0 unspecified atom stereocenters. The number of hydrogen-bond acceptors (Lipinski definition) is 3. The van der Waals surface area contributed by atoms with E-state index in [1.165, 1.54) is 0 Å². The van der Waals surface area contributed by atoms with Gasteiger partial charge in [-0.15, -0.1) is 0 Å². The topological polar surface area (TPSA) is 27.7 Å². The van der Waals surface area contributed by atoms with Gasteiger partial charge >= 0.3 is 0 Å². The van der Waals surface area contributed by atoms with E-state index in [0.717, 1.165) is 19.0 Å². The van der Waals surface area contributed by atoms with Crippen LogP contribution in [0.4, 0.5) is 0 Å². The fourth-order valence-corrected chi connectivity index (χ4v) is 2.92. The van der Waals surface area contributed by atoms with Crippen LogP contribution in [0, 0.1) is 0 Å². The van der Waals surface area contributed by atoms with Crippen LogP contribution >= 0.6 is 7.26 Å². The Balaban J connectivity index is 2.16. The predicted octanol–water partition coefficient (Wildman–Crippen LogP) is 1.26. The summed E-state index contributed by atoms with van der Waals surface area (Å²) >= 11 is 0. The van der Waals surface area contributed by atoms with Crippen LogP contribution < -0.4 is 0 Å². The number of ether oxygens (including phenoxy) is 3. The van der Waals surface area contributed by atoms with E-state index < -0.39 is 13.2 Å². The molecule has 4 heteroatoms. The quantitative estimate of drug-likeness (QED) is 0.503. The van der Waals surface area contributed by atoms with Crippen LogP contribution in [0.15, 0.2) is 0 Å². The molecule has 3 rings (SSSR count). The molecule has 58 valence electrons. The fourth-order valence-electron chi connectivity index (χ4n) is 1.06. The number of fused-ring (bicyclic) bond motifs is 3. The Labute approximate surface area is 61.0 Å². The largest absolute Gasteiger partial charge is 0.291 e. The minimum absolute atomic E-state index is 0.711. The Morgan fingerprint density at radius 1 is 1.10 bits per heavy atom. The average Bonchev–Trinajstić information content (AvgIpc) is 1.93. The van der Waals surface area contributed by atoms with Crippen molar-refractivity contribution in [2.24, 2.45) is 0 Å². The number of rotatable bonds is 0. The summed E-state index contributed by atoms with van der Waals surface area (Å²) < 4.78 is 16.1. The third-order valence-corrected chi connectivity index (χ3v) is 4.17. The van der Waals surface area contributed by atoms with Gasteiger partial charge in [0.1, 0.15) is 0 Å². The second-order valence-electron chi connectivity index (χ2n) is 3.30. The molecule has 3 aliphatic heterocycles. The molecule has 0 amide bonds. The van der Waals surface area contributed by atoms with Crippen molar-refractivity contribution in [1.82, 2.24) is 0 Å². The lowest BCUT2D eigenvalue weighted by atomic mass is 10.6. The Kier molecular flexibility index (Phi) is 1.34. The highest BCUT2D eigenvalue weighted by molar-refractivity contribution is 7.74. The van der Waals surface area contributed by atoms with E-state index in [2.05, 4.69) is 6.66 Å². The van der Waals surface area contributed by atoms with Crippen LogP contribution in [0.25, 0.3) is 0 Å². The van der Waals surface area contributed by atoms with Crippen molar-refractivity contribution in [2.45, 2.75) is 12.9 Å². The summed E-state index contributed by atoms with van der Waals surface area (Å²) in [7, 11) is -0.988. The maximum absolute atomic E-state index is 5.37. The van der Waals surface area contributed by atoms with E-state index in [1.54, 1.807) is 0 Å². The highest BCUT2D eigenvalue weighted by Gasteiger charge is 2.52. The van der Waals surface area contributed by atoms with Gasteiger partial charge in [0.05, 0.1) is 13.9 Å². The molecule has 0 spiro atoms. The molecule has 0 aromatic heterocycles. The van der Waals surface area contributed by atoms with Crippen LogP contribution in [-0.4, -0.2) is 31.7 Å². The molecule has 0 radical (unpaired) electrons. The molecular formula is C6H12O3P+. The molecule has 3 heterocycles. The van der Waals surface area contributed by atoms with E-state index in [1.807, 2.05) is 6.92 Å². The number of hydrogen-bond donors (Lipinski definition) is 0. The normalized spacial score (nSPS) is 53.4. The van der Waals surface area contributed by atoms with Crippen molar-refractivity contribution < 1.29 is 14.2 Å². The van der Waals surface area contributed by atoms with Crippen molar-refractivity contribution in [1.29, 1.82) is 0 Å². The monoisotopic (exact) mass is 163 g/mol. The second-order valence-corrected chi connectivity index (χ2v) is 7.32. The van der Waals surface area contributed by atoms with Gasteiger partial charge in [-0.2, -0.15) is 0 Å². The SMILES string of the molecule is CC12OC[P+](C)(CO1)CO2. The standard InChI is InChI=1S/C6H12O3P/c1-6-7-3-10(2,4-8-6)5-9-6/h3-5H2,1-2H3/q+1. The maximum Gasteiger partial charge on any atom is 0.288 e. The Morgan fingerprint density at radius 2 is 1.50 bits per heavy atom. The summed E-state index contributed by atoms with van der Waals surface area (Å²) in [6.07, 6.45) is 2.59. The molecule has 0 atom stereocenters. The summed E-state index contributed by atoms with van der Waals surface area (Å²) in [4.78, 5) is 0. The lowest BCUT2D eigenvalue weighted by Gasteiger charge is -2.43. The minimum atomic E-state index is -0.988. The molecule has 3 aliphatic rings. The lowest BCUT2D eigenvalue weighted by Crippen LogP contribution is -2.47. The van der Waals surface area contributed by atoms with Crippen molar-refractivity contribution in [3.63, 3.8) is 0 Å². The Hall–Kier alpha value is 0.310. The summed E-state index contributed by atoms with van der Waals surface area (Å²) in [6, 6.07) is 0. The van der Waals surface area contributed by atoms with Gasteiger partial charge in [-0.25, -0.2) is 0 Å². The Morgan fingerprint density at radius 3 is 1.80 bits per heavy atom. The first-order valence-corrected chi connectivity index (χ1v) is 6.17. The summed E-state index contributed by atoms with van der Waals surface area (Å²) in [6.45, 7) is 4.04. The molecule has 0 aromatic carbocycles. The molecule has 0 N–H and O–H groups in total. The molecule has 10 heavy (non-hydrogen) atoms. The highest BCUT2D eigenvalue weighted by atomic mass is 31.2. The van der Waals surface area contributed by atoms with Gasteiger partial charge in [0.15, 0.2) is 19.0 Å². The maximum atomic E-state index is 5.37. The molecule has 2 bridgehead atoms. The Bertz CT molecular complexity index is 117. The van der Waals surface area contributed by atoms with E-state index in [4.69, 9.17) is 14.2 Å². The van der Waals surface area contributed by atoms with Crippen molar-refractivity contribution in [3.8, 4) is 0 Å². The molecule has 0 aromatic rings. The average molecular weight is 163 g/mol. The summed E-state index contributed by atoms with van der Waals surface area (Å²) in [5, 5.41) is 0. The van der Waals surface area contributed by atoms with Crippen LogP contribution in [-0.2, 0) is 14.2 Å². The zero-order valence-electron chi connectivity index (χ0n) is 6.29. The molecule has 3 saturated heterocycles. The molecular weight excluding hydrogens is 151 g/mol. The summed E-state index contributed by atoms with van der Waals surface area (Å²) in [5.41, 5.74) is 0. The molecule has 0 aliphatic carbocycles. The zero-order chi connectivity index (χ0) is 7.24. The van der Waals surface area contributed by atoms with Crippen LogP contribution in [0.3, 0.4) is 0 Å². The van der Waals surface area contributed by atoms with E-state index >= 15 is 0 Å². The summed E-state index contributed by atoms with van der Waals surface area (Å²) in [5.74, 6) is -0.711. The van der Waals surface area contributed by atoms with Gasteiger partial charge in [-0.05, 0) is 0 Å². The van der Waals surface area contributed by atoms with Gasteiger partial charge in [-0.3, -0.25) is 14.2 Å². The van der Waals surface area contributed by atoms with Gasteiger partial charge in [0.25, 0.3) is 5.97 Å².